The number of aliphatic hydroxyl groups excluding tert-OH is 1. The summed E-state index contributed by atoms with van der Waals surface area (Å²) in [5, 5.41) is 11.2. The molecule has 0 aromatic heterocycles. The second-order valence-electron chi connectivity index (χ2n) is 13.2. The van der Waals surface area contributed by atoms with Gasteiger partial charge in [-0.25, -0.2) is 14.4 Å². The normalized spacial score (nSPS) is 24.4. The van der Waals surface area contributed by atoms with Gasteiger partial charge in [-0.3, -0.25) is 19.2 Å². The molecule has 2 aliphatic rings. The first-order valence-corrected chi connectivity index (χ1v) is 18.3. The second kappa shape index (κ2) is 20.5. The molecule has 0 aliphatic carbocycles. The molecule has 5 rings (SSSR count). The first-order chi connectivity index (χ1) is 28.2. The van der Waals surface area contributed by atoms with Crippen LogP contribution in [0.1, 0.15) is 58.8 Å². The van der Waals surface area contributed by atoms with Crippen LogP contribution in [0.5, 0.6) is 0 Å². The molecule has 59 heavy (non-hydrogen) atoms. The fraction of sp³-hybridized carbons (Fsp3) is 0.390. The molecule has 3 aromatic carbocycles. The Hall–Kier alpha value is -6.21. The average Bonchev–Trinajstić information content (AvgIpc) is 3.69. The number of benzene rings is 3. The van der Waals surface area contributed by atoms with Crippen LogP contribution in [-0.4, -0.2) is 122 Å². The van der Waals surface area contributed by atoms with Crippen molar-refractivity contribution in [1.29, 1.82) is 0 Å². The van der Waals surface area contributed by atoms with Crippen molar-refractivity contribution in [2.75, 3.05) is 13.2 Å². The largest absolute Gasteiger partial charge is 0.462 e. The third-order valence-corrected chi connectivity index (χ3v) is 8.74. The van der Waals surface area contributed by atoms with E-state index in [1.54, 1.807) is 54.6 Å². The van der Waals surface area contributed by atoms with Crippen LogP contribution in [0.3, 0.4) is 0 Å². The highest BCUT2D eigenvalue weighted by atomic mass is 16.8. The van der Waals surface area contributed by atoms with Gasteiger partial charge in [-0.15, -0.1) is 0 Å². The number of aliphatic hydroxyl groups is 1. The lowest BCUT2D eigenvalue weighted by Crippen LogP contribution is -2.48. The highest BCUT2D eigenvalue weighted by molar-refractivity contribution is 5.91. The van der Waals surface area contributed by atoms with Crippen LogP contribution >= 0.6 is 0 Å². The van der Waals surface area contributed by atoms with E-state index in [9.17, 15) is 38.7 Å². The summed E-state index contributed by atoms with van der Waals surface area (Å²) in [4.78, 5) is 88.9. The molecule has 0 saturated carbocycles. The van der Waals surface area contributed by atoms with Gasteiger partial charge in [0.2, 0.25) is 0 Å². The Morgan fingerprint density at radius 1 is 0.508 bits per heavy atom. The topological polar surface area (TPSA) is 232 Å². The summed E-state index contributed by atoms with van der Waals surface area (Å²) >= 11 is 0. The second-order valence-corrected chi connectivity index (χ2v) is 13.2. The monoisotopic (exact) mass is 822 g/mol. The van der Waals surface area contributed by atoms with Gasteiger partial charge in [-0.2, -0.15) is 0 Å². The Morgan fingerprint density at radius 3 is 1.44 bits per heavy atom. The van der Waals surface area contributed by atoms with Crippen molar-refractivity contribution in [3.8, 4) is 0 Å². The zero-order chi connectivity index (χ0) is 42.6. The molecule has 2 saturated heterocycles. The molecule has 1 N–H and O–H groups in total. The molecule has 18 heteroatoms. The average molecular weight is 823 g/mol. The maximum atomic E-state index is 13.6. The standard InChI is InChI=1S/C41H42O18/c1-22(42)50-20-29(52-23(2)43)32-34(53-24(3)44)36(54-25(4)45)41(59-32)51-21-30(55-37(46)26-14-8-5-9-15-26)31-33(57-38(47)27-16-10-6-11-17-27)35(40(49)56-31)58-39(48)28-18-12-7-13-19-28/h5-19,29-36,40-41,49H,20-21H2,1-4H3/t29-,30-,31+,32+,33+,34+,35-,36-,40-,41-/m1/s1. The smallest absolute Gasteiger partial charge is 0.338 e. The predicted octanol–water partition coefficient (Wildman–Crippen LogP) is 2.48. The van der Waals surface area contributed by atoms with Crippen molar-refractivity contribution >= 4 is 41.8 Å². The third-order valence-electron chi connectivity index (χ3n) is 8.74. The molecule has 0 amide bonds. The summed E-state index contributed by atoms with van der Waals surface area (Å²) in [6.07, 6.45) is -16.2. The van der Waals surface area contributed by atoms with Gasteiger partial charge in [0.25, 0.3) is 0 Å². The summed E-state index contributed by atoms with van der Waals surface area (Å²) in [5.41, 5.74) is 0.247. The molecule has 10 atom stereocenters. The van der Waals surface area contributed by atoms with Crippen molar-refractivity contribution in [2.24, 2.45) is 0 Å². The van der Waals surface area contributed by atoms with E-state index < -0.39 is 116 Å². The van der Waals surface area contributed by atoms with Crippen LogP contribution in [0.15, 0.2) is 91.0 Å². The lowest BCUT2D eigenvalue weighted by molar-refractivity contribution is -0.215. The highest BCUT2D eigenvalue weighted by Gasteiger charge is 2.56. The number of hydrogen-bond acceptors (Lipinski definition) is 18. The number of carbonyl (C=O) groups is 7. The molecule has 3 aromatic rings. The maximum Gasteiger partial charge on any atom is 0.338 e. The van der Waals surface area contributed by atoms with Gasteiger partial charge in [-0.05, 0) is 36.4 Å². The molecular weight excluding hydrogens is 780 g/mol. The summed E-state index contributed by atoms with van der Waals surface area (Å²) < 4.78 is 56.7. The van der Waals surface area contributed by atoms with E-state index in [1.165, 1.54) is 36.4 Å². The van der Waals surface area contributed by atoms with Gasteiger partial charge in [0.15, 0.2) is 49.2 Å². The van der Waals surface area contributed by atoms with Crippen molar-refractivity contribution in [3.63, 3.8) is 0 Å². The van der Waals surface area contributed by atoms with Crippen molar-refractivity contribution < 1.29 is 86.0 Å². The van der Waals surface area contributed by atoms with Crippen LogP contribution in [0, 0.1) is 0 Å². The minimum absolute atomic E-state index is 0.0699. The Bertz CT molecular complexity index is 1940. The van der Waals surface area contributed by atoms with Gasteiger partial charge in [0.05, 0.1) is 23.3 Å². The highest BCUT2D eigenvalue weighted by Crippen LogP contribution is 2.34. The van der Waals surface area contributed by atoms with Crippen LogP contribution in [-0.2, 0) is 66.5 Å². The number of ether oxygens (including phenoxy) is 10. The van der Waals surface area contributed by atoms with Gasteiger partial charge < -0.3 is 52.5 Å². The van der Waals surface area contributed by atoms with Crippen LogP contribution in [0.4, 0.5) is 0 Å². The molecule has 0 radical (unpaired) electrons. The van der Waals surface area contributed by atoms with E-state index in [0.29, 0.717) is 0 Å². The van der Waals surface area contributed by atoms with Crippen molar-refractivity contribution in [1.82, 2.24) is 0 Å². The van der Waals surface area contributed by atoms with Gasteiger partial charge >= 0.3 is 41.8 Å². The molecule has 314 valence electrons. The van der Waals surface area contributed by atoms with E-state index in [0.717, 1.165) is 27.7 Å². The molecule has 0 spiro atoms. The van der Waals surface area contributed by atoms with Crippen molar-refractivity contribution in [2.45, 2.75) is 89.1 Å². The molecule has 2 fully saturated rings. The van der Waals surface area contributed by atoms with Crippen molar-refractivity contribution in [3.05, 3.63) is 108 Å². The lowest BCUT2D eigenvalue weighted by atomic mass is 10.0. The summed E-state index contributed by atoms with van der Waals surface area (Å²) in [6.45, 7) is 2.98. The van der Waals surface area contributed by atoms with Gasteiger partial charge in [0.1, 0.15) is 18.8 Å². The lowest BCUT2D eigenvalue weighted by Gasteiger charge is -2.30. The first-order valence-electron chi connectivity index (χ1n) is 18.3. The van der Waals surface area contributed by atoms with E-state index >= 15 is 0 Å². The predicted molar refractivity (Wildman–Crippen MR) is 196 cm³/mol. The minimum atomic E-state index is -1.95. The Labute approximate surface area is 337 Å². The number of hydrogen-bond donors (Lipinski definition) is 1. The molecule has 2 aliphatic heterocycles. The van der Waals surface area contributed by atoms with Crippen LogP contribution < -0.4 is 0 Å². The molecule has 2 heterocycles. The van der Waals surface area contributed by atoms with E-state index in [2.05, 4.69) is 0 Å². The minimum Gasteiger partial charge on any atom is -0.462 e. The molecule has 0 unspecified atom stereocenters. The van der Waals surface area contributed by atoms with Crippen LogP contribution in [0.2, 0.25) is 0 Å². The Kier molecular flexibility index (Phi) is 15.2. The molecule has 18 nitrogen and oxygen atoms in total. The number of esters is 7. The number of carbonyl (C=O) groups excluding carboxylic acids is 7. The van der Waals surface area contributed by atoms with Gasteiger partial charge in [0, 0.05) is 27.7 Å². The Balaban J connectivity index is 1.51. The van der Waals surface area contributed by atoms with Crippen LogP contribution in [0.25, 0.3) is 0 Å². The first kappa shape index (κ1) is 43.9. The summed E-state index contributed by atoms with van der Waals surface area (Å²) in [5.74, 6) is -6.06. The van der Waals surface area contributed by atoms with E-state index in [1.807, 2.05) is 0 Å². The SMILES string of the molecule is CC(=O)OC[C@@H](OC(C)=O)[C@@H]1O[C@@H](OC[C@@H](OC(=O)c2ccccc2)[C@@H]2O[C@@H](O)[C@H](OC(=O)c3ccccc3)[C@H]2OC(=O)c2ccccc2)[C@H](OC(C)=O)[C@H]1OC(C)=O. The quantitative estimate of drug-likeness (QED) is 0.161. The van der Waals surface area contributed by atoms with Gasteiger partial charge in [-0.1, -0.05) is 54.6 Å². The summed E-state index contributed by atoms with van der Waals surface area (Å²) in [7, 11) is 0. The zero-order valence-electron chi connectivity index (χ0n) is 32.2. The maximum absolute atomic E-state index is 13.6. The fourth-order valence-corrected chi connectivity index (χ4v) is 6.25. The zero-order valence-corrected chi connectivity index (χ0v) is 32.2. The third kappa shape index (κ3) is 11.9. The Morgan fingerprint density at radius 2 is 0.949 bits per heavy atom. The number of rotatable bonds is 16. The van der Waals surface area contributed by atoms with E-state index in [4.69, 9.17) is 47.4 Å². The molecule has 0 bridgehead atoms. The van der Waals surface area contributed by atoms with E-state index in [-0.39, 0.29) is 16.7 Å². The fourth-order valence-electron chi connectivity index (χ4n) is 6.25. The summed E-state index contributed by atoms with van der Waals surface area (Å²) in [6, 6.07) is 23.2. The molecular formula is C41H42O18.